The molecule has 0 fully saturated rings. The van der Waals surface area contributed by atoms with Gasteiger partial charge in [0.25, 0.3) is 0 Å². The summed E-state index contributed by atoms with van der Waals surface area (Å²) in [5, 5.41) is 10.1. The van der Waals surface area contributed by atoms with Crippen LogP contribution >= 0.6 is 0 Å². The molecule has 0 bridgehead atoms. The number of carbonyl (C=O) groups is 1. The lowest BCUT2D eigenvalue weighted by atomic mass is 10.0. The molecule has 1 N–H and O–H groups in total. The number of hydrogen-bond donors (Lipinski definition) is 1. The van der Waals surface area contributed by atoms with Crippen molar-refractivity contribution in [3.05, 3.63) is 84.0 Å². The Morgan fingerprint density at radius 1 is 1.07 bits per heavy atom. The molecule has 4 nitrogen and oxygen atoms in total. The van der Waals surface area contributed by atoms with E-state index >= 15 is 0 Å². The lowest BCUT2D eigenvalue weighted by Crippen LogP contribution is -2.13. The van der Waals surface area contributed by atoms with E-state index in [4.69, 9.17) is 9.47 Å². The van der Waals surface area contributed by atoms with Crippen LogP contribution in [0.4, 0.5) is 0 Å². The lowest BCUT2D eigenvalue weighted by Gasteiger charge is -2.13. The fourth-order valence-electron chi connectivity index (χ4n) is 2.73. The third-order valence-corrected chi connectivity index (χ3v) is 4.25. The Labute approximate surface area is 167 Å². The van der Waals surface area contributed by atoms with Crippen molar-refractivity contribution in [2.75, 3.05) is 7.11 Å². The molecule has 1 atom stereocenters. The van der Waals surface area contributed by atoms with Crippen LogP contribution < -0.4 is 9.47 Å². The second kappa shape index (κ2) is 11.8. The Morgan fingerprint density at radius 3 is 2.57 bits per heavy atom. The van der Waals surface area contributed by atoms with Crippen LogP contribution in [0.2, 0.25) is 0 Å². The molecule has 0 heterocycles. The Hall–Kier alpha value is -2.85. The third-order valence-electron chi connectivity index (χ3n) is 4.25. The summed E-state index contributed by atoms with van der Waals surface area (Å²) in [6, 6.07) is 15.7. The van der Waals surface area contributed by atoms with Crippen molar-refractivity contribution in [1.82, 2.24) is 0 Å². The second-order valence-corrected chi connectivity index (χ2v) is 6.51. The van der Waals surface area contributed by atoms with Crippen molar-refractivity contribution in [3.8, 4) is 11.5 Å². The lowest BCUT2D eigenvalue weighted by molar-refractivity contribution is -0.116. The first-order valence-corrected chi connectivity index (χ1v) is 9.46. The van der Waals surface area contributed by atoms with Crippen LogP contribution in [0, 0.1) is 0 Å². The molecule has 0 aliphatic rings. The number of ether oxygens (including phenoxy) is 2. The number of allylic oxidation sites excluding steroid dienone is 4. The zero-order chi connectivity index (χ0) is 20.2. The first kappa shape index (κ1) is 21.5. The maximum atomic E-state index is 11.8. The molecule has 0 unspecified atom stereocenters. The zero-order valence-corrected chi connectivity index (χ0v) is 16.5. The van der Waals surface area contributed by atoms with Gasteiger partial charge in [-0.05, 0) is 49.1 Å². The SMILES string of the molecule is C/C=C/C=C/C(=O)C[C@H](O)CCc1ccc(OCc2ccccc2)c(OC)c1. The average molecular weight is 380 g/mol. The van der Waals surface area contributed by atoms with E-state index in [2.05, 4.69) is 0 Å². The number of aliphatic hydroxyl groups excluding tert-OH is 1. The second-order valence-electron chi connectivity index (χ2n) is 6.51. The number of hydrogen-bond acceptors (Lipinski definition) is 4. The number of aliphatic hydroxyl groups is 1. The highest BCUT2D eigenvalue weighted by molar-refractivity contribution is 5.90. The first-order chi connectivity index (χ1) is 13.6. The van der Waals surface area contributed by atoms with Crippen molar-refractivity contribution < 1.29 is 19.4 Å². The van der Waals surface area contributed by atoms with Gasteiger partial charge in [0.15, 0.2) is 17.3 Å². The van der Waals surface area contributed by atoms with E-state index in [1.165, 1.54) is 6.08 Å². The Bertz CT molecular complexity index is 794. The summed E-state index contributed by atoms with van der Waals surface area (Å²) >= 11 is 0. The Kier molecular flexibility index (Phi) is 9.02. The molecule has 0 radical (unpaired) electrons. The predicted octanol–water partition coefficient (Wildman–Crippen LogP) is 4.66. The number of benzene rings is 2. The summed E-state index contributed by atoms with van der Waals surface area (Å²) in [5.74, 6) is 1.26. The van der Waals surface area contributed by atoms with Crippen LogP contribution in [-0.2, 0) is 17.8 Å². The van der Waals surface area contributed by atoms with Gasteiger partial charge >= 0.3 is 0 Å². The van der Waals surface area contributed by atoms with E-state index in [0.29, 0.717) is 30.9 Å². The number of rotatable bonds is 11. The van der Waals surface area contributed by atoms with Gasteiger partial charge in [0.1, 0.15) is 6.61 Å². The highest BCUT2D eigenvalue weighted by Crippen LogP contribution is 2.29. The van der Waals surface area contributed by atoms with Crippen LogP contribution in [-0.4, -0.2) is 24.1 Å². The highest BCUT2D eigenvalue weighted by Gasteiger charge is 2.11. The van der Waals surface area contributed by atoms with Gasteiger partial charge in [0, 0.05) is 6.42 Å². The number of ketones is 1. The van der Waals surface area contributed by atoms with Gasteiger partial charge in [-0.2, -0.15) is 0 Å². The average Bonchev–Trinajstić information content (AvgIpc) is 2.72. The van der Waals surface area contributed by atoms with E-state index in [0.717, 1.165) is 11.1 Å². The monoisotopic (exact) mass is 380 g/mol. The highest BCUT2D eigenvalue weighted by atomic mass is 16.5. The topological polar surface area (TPSA) is 55.8 Å². The normalized spacial score (nSPS) is 12.4. The molecule has 0 aliphatic heterocycles. The molecule has 2 aromatic carbocycles. The molecule has 0 amide bonds. The maximum Gasteiger partial charge on any atom is 0.161 e. The molecule has 2 aromatic rings. The van der Waals surface area contributed by atoms with Crippen molar-refractivity contribution in [1.29, 1.82) is 0 Å². The fraction of sp³-hybridized carbons (Fsp3) is 0.292. The summed E-state index contributed by atoms with van der Waals surface area (Å²) in [6.45, 7) is 2.36. The van der Waals surface area contributed by atoms with Crippen LogP contribution in [0.1, 0.15) is 30.9 Å². The van der Waals surface area contributed by atoms with Gasteiger partial charge in [0.05, 0.1) is 13.2 Å². The molecule has 2 rings (SSSR count). The smallest absolute Gasteiger partial charge is 0.161 e. The molecule has 148 valence electrons. The summed E-state index contributed by atoms with van der Waals surface area (Å²) in [7, 11) is 1.61. The maximum absolute atomic E-state index is 11.8. The fourth-order valence-corrected chi connectivity index (χ4v) is 2.73. The summed E-state index contributed by atoms with van der Waals surface area (Å²) < 4.78 is 11.3. The molecular weight excluding hydrogens is 352 g/mol. The molecular formula is C24H28O4. The third kappa shape index (κ3) is 7.41. The Balaban J connectivity index is 1.87. The van der Waals surface area contributed by atoms with Crippen LogP contribution in [0.15, 0.2) is 72.8 Å². The van der Waals surface area contributed by atoms with Crippen LogP contribution in [0.5, 0.6) is 11.5 Å². The van der Waals surface area contributed by atoms with Crippen molar-refractivity contribution in [2.45, 2.75) is 38.9 Å². The molecule has 28 heavy (non-hydrogen) atoms. The number of aryl methyl sites for hydroxylation is 1. The molecule has 0 aromatic heterocycles. The summed E-state index contributed by atoms with van der Waals surface area (Å²) in [5.41, 5.74) is 2.12. The number of methoxy groups -OCH3 is 1. The minimum Gasteiger partial charge on any atom is -0.493 e. The van der Waals surface area contributed by atoms with Crippen molar-refractivity contribution >= 4 is 5.78 Å². The van der Waals surface area contributed by atoms with Crippen LogP contribution in [0.3, 0.4) is 0 Å². The van der Waals surface area contributed by atoms with Crippen molar-refractivity contribution in [3.63, 3.8) is 0 Å². The zero-order valence-electron chi connectivity index (χ0n) is 16.5. The molecule has 0 saturated carbocycles. The standard InChI is InChI=1S/C24H28O4/c1-3-4-6-11-21(25)17-22(26)14-12-19-13-15-23(24(16-19)27-2)28-18-20-9-7-5-8-10-20/h3-11,13,15-16,22,26H,12,14,17-18H2,1-2H3/b4-3+,11-6+/t22-/m1/s1. The van der Waals surface area contributed by atoms with E-state index in [1.54, 1.807) is 19.3 Å². The summed E-state index contributed by atoms with van der Waals surface area (Å²) in [6.07, 6.45) is 7.45. The van der Waals surface area contributed by atoms with Gasteiger partial charge in [-0.15, -0.1) is 0 Å². The van der Waals surface area contributed by atoms with E-state index < -0.39 is 6.10 Å². The first-order valence-electron chi connectivity index (χ1n) is 9.46. The minimum atomic E-state index is -0.664. The van der Waals surface area contributed by atoms with E-state index in [-0.39, 0.29) is 12.2 Å². The summed E-state index contributed by atoms with van der Waals surface area (Å²) in [4.78, 5) is 11.8. The van der Waals surface area contributed by atoms with Gasteiger partial charge in [-0.1, -0.05) is 54.6 Å². The molecule has 0 aliphatic carbocycles. The minimum absolute atomic E-state index is 0.0761. The molecule has 0 saturated heterocycles. The quantitative estimate of drug-likeness (QED) is 0.455. The van der Waals surface area contributed by atoms with Gasteiger partial charge in [-0.25, -0.2) is 0 Å². The van der Waals surface area contributed by atoms with E-state index in [1.807, 2.05) is 61.5 Å². The van der Waals surface area contributed by atoms with Gasteiger partial charge < -0.3 is 14.6 Å². The van der Waals surface area contributed by atoms with E-state index in [9.17, 15) is 9.90 Å². The largest absolute Gasteiger partial charge is 0.493 e. The number of carbonyl (C=O) groups excluding carboxylic acids is 1. The molecule has 0 spiro atoms. The Morgan fingerprint density at radius 2 is 1.86 bits per heavy atom. The van der Waals surface area contributed by atoms with Gasteiger partial charge in [-0.3, -0.25) is 4.79 Å². The van der Waals surface area contributed by atoms with Gasteiger partial charge in [0.2, 0.25) is 0 Å². The predicted molar refractivity (Wildman–Crippen MR) is 112 cm³/mol. The van der Waals surface area contributed by atoms with Crippen molar-refractivity contribution in [2.24, 2.45) is 0 Å². The molecule has 4 heteroatoms. The van der Waals surface area contributed by atoms with Crippen LogP contribution in [0.25, 0.3) is 0 Å².